The van der Waals surface area contributed by atoms with E-state index in [9.17, 15) is 16.8 Å². The molecule has 0 radical (unpaired) electrons. The van der Waals surface area contributed by atoms with Crippen LogP contribution < -0.4 is 0 Å². The molecule has 2 aromatic carbocycles. The lowest BCUT2D eigenvalue weighted by atomic mass is 10.4. The standard InChI is InChI=1S/C16H20N2O4S4/c1-3-17(25(19,20)15-11-7-5-8-12-15)23-24-18(4-2)26(21,22)16-13-9-6-10-14-16/h5-14H,3-4H2,1-2H3. The Morgan fingerprint density at radius 1 is 0.654 bits per heavy atom. The summed E-state index contributed by atoms with van der Waals surface area (Å²) in [4.78, 5) is 0.341. The van der Waals surface area contributed by atoms with E-state index in [1.165, 1.54) is 31.7 Å². The topological polar surface area (TPSA) is 74.8 Å². The summed E-state index contributed by atoms with van der Waals surface area (Å²) in [6, 6.07) is 16.1. The molecule has 0 N–H and O–H groups in total. The quantitative estimate of drug-likeness (QED) is 0.445. The minimum atomic E-state index is -3.71. The lowest BCUT2D eigenvalue weighted by molar-refractivity contribution is 0.546. The highest BCUT2D eigenvalue weighted by molar-refractivity contribution is 8.76. The fraction of sp³-hybridized carbons (Fsp3) is 0.250. The Morgan fingerprint density at radius 2 is 0.962 bits per heavy atom. The molecule has 0 aliphatic heterocycles. The van der Waals surface area contributed by atoms with Gasteiger partial charge in [-0.15, -0.1) is 7.42 Å². The molecule has 0 bridgehead atoms. The van der Waals surface area contributed by atoms with Crippen molar-refractivity contribution in [2.45, 2.75) is 23.6 Å². The van der Waals surface area contributed by atoms with Crippen LogP contribution in [0.15, 0.2) is 70.5 Å². The lowest BCUT2D eigenvalue weighted by Crippen LogP contribution is -2.27. The summed E-state index contributed by atoms with van der Waals surface area (Å²) in [6.45, 7) is 3.82. The van der Waals surface area contributed by atoms with E-state index in [0.717, 1.165) is 22.0 Å². The van der Waals surface area contributed by atoms with Crippen LogP contribution in [0.2, 0.25) is 0 Å². The molecule has 0 saturated heterocycles. The summed E-state index contributed by atoms with van der Waals surface area (Å²) in [7, 11) is -5.65. The SMILES string of the molecule is CCN(SSN(CC)S(=O)(=O)c1ccccc1)S(=O)(=O)c1ccccc1. The maximum absolute atomic E-state index is 12.7. The first kappa shape index (κ1) is 21.3. The fourth-order valence-corrected chi connectivity index (χ4v) is 8.70. The first-order valence-corrected chi connectivity index (χ1v) is 12.8. The van der Waals surface area contributed by atoms with Crippen LogP contribution in [0.4, 0.5) is 0 Å². The van der Waals surface area contributed by atoms with E-state index in [1.54, 1.807) is 50.2 Å². The minimum absolute atomic E-state index is 0.170. The van der Waals surface area contributed by atoms with Crippen molar-refractivity contribution in [3.63, 3.8) is 0 Å². The van der Waals surface area contributed by atoms with Gasteiger partial charge in [0.25, 0.3) is 20.0 Å². The summed E-state index contributed by atoms with van der Waals surface area (Å²) in [6.07, 6.45) is 0. The van der Waals surface area contributed by atoms with Gasteiger partial charge in [0.2, 0.25) is 0 Å². The van der Waals surface area contributed by atoms with Crippen molar-refractivity contribution in [1.82, 2.24) is 7.42 Å². The van der Waals surface area contributed by atoms with Gasteiger partial charge in [-0.3, -0.25) is 0 Å². The molecule has 0 heterocycles. The van der Waals surface area contributed by atoms with Crippen molar-refractivity contribution in [3.8, 4) is 0 Å². The largest absolute Gasteiger partial charge is 0.252 e. The fourth-order valence-electron chi connectivity index (χ4n) is 2.02. The monoisotopic (exact) mass is 432 g/mol. The number of hydrogen-bond acceptors (Lipinski definition) is 6. The Kier molecular flexibility index (Phi) is 7.56. The van der Waals surface area contributed by atoms with Crippen LogP contribution in [-0.2, 0) is 20.0 Å². The molecule has 0 aliphatic rings. The molecule has 0 amide bonds. The van der Waals surface area contributed by atoms with Crippen molar-refractivity contribution >= 4 is 42.0 Å². The Balaban J connectivity index is 2.18. The zero-order chi connectivity index (χ0) is 19.2. The normalized spacial score (nSPS) is 12.6. The van der Waals surface area contributed by atoms with Crippen LogP contribution in [0.5, 0.6) is 0 Å². The molecule has 10 heteroatoms. The summed E-state index contributed by atoms with van der Waals surface area (Å²) < 4.78 is 53.2. The van der Waals surface area contributed by atoms with Crippen LogP contribution in [-0.4, -0.2) is 37.3 Å². The highest BCUT2D eigenvalue weighted by Crippen LogP contribution is 2.37. The highest BCUT2D eigenvalue weighted by atomic mass is 33.1. The number of rotatable bonds is 9. The zero-order valence-corrected chi connectivity index (χ0v) is 17.6. The van der Waals surface area contributed by atoms with Crippen LogP contribution in [0.3, 0.4) is 0 Å². The van der Waals surface area contributed by atoms with Crippen molar-refractivity contribution in [3.05, 3.63) is 60.7 Å². The molecule has 0 atom stereocenters. The van der Waals surface area contributed by atoms with E-state index >= 15 is 0 Å². The molecule has 0 spiro atoms. The molecule has 6 nitrogen and oxygen atoms in total. The summed E-state index contributed by atoms with van der Waals surface area (Å²) in [5.41, 5.74) is 0. The third-order valence-corrected chi connectivity index (χ3v) is 11.0. The second-order valence-electron chi connectivity index (χ2n) is 5.02. The molecule has 142 valence electrons. The van der Waals surface area contributed by atoms with Crippen molar-refractivity contribution in [1.29, 1.82) is 0 Å². The Labute approximate surface area is 163 Å². The number of hydrogen-bond donors (Lipinski definition) is 0. The molecule has 26 heavy (non-hydrogen) atoms. The van der Waals surface area contributed by atoms with Gasteiger partial charge in [-0.25, -0.2) is 16.8 Å². The van der Waals surface area contributed by atoms with Gasteiger partial charge in [0, 0.05) is 35.0 Å². The van der Waals surface area contributed by atoms with Crippen molar-refractivity contribution in [2.75, 3.05) is 13.1 Å². The minimum Gasteiger partial charge on any atom is -0.206 e. The molecule has 0 fully saturated rings. The number of sulfonamides is 2. The van der Waals surface area contributed by atoms with Gasteiger partial charge in [-0.05, 0) is 24.3 Å². The van der Waals surface area contributed by atoms with Crippen molar-refractivity contribution in [2.24, 2.45) is 0 Å². The first-order valence-electron chi connectivity index (χ1n) is 7.84. The van der Waals surface area contributed by atoms with Gasteiger partial charge in [-0.1, -0.05) is 50.2 Å². The second kappa shape index (κ2) is 9.25. The first-order chi connectivity index (χ1) is 12.3. The smallest absolute Gasteiger partial charge is 0.206 e. The van der Waals surface area contributed by atoms with E-state index in [1.807, 2.05) is 0 Å². The summed E-state index contributed by atoms with van der Waals surface area (Å²) >= 11 is 0. The van der Waals surface area contributed by atoms with Crippen LogP contribution in [0.1, 0.15) is 13.8 Å². The summed E-state index contributed by atoms with van der Waals surface area (Å²) in [5, 5.41) is 0. The summed E-state index contributed by atoms with van der Waals surface area (Å²) in [5.74, 6) is 0. The van der Waals surface area contributed by atoms with E-state index in [0.29, 0.717) is 0 Å². The van der Waals surface area contributed by atoms with E-state index < -0.39 is 20.0 Å². The Morgan fingerprint density at radius 3 is 1.23 bits per heavy atom. The Hall–Kier alpha value is -1.04. The molecule has 0 saturated carbocycles. The van der Waals surface area contributed by atoms with Crippen LogP contribution >= 0.6 is 22.0 Å². The predicted molar refractivity (Wildman–Crippen MR) is 107 cm³/mol. The highest BCUT2D eigenvalue weighted by Gasteiger charge is 2.29. The van der Waals surface area contributed by atoms with Gasteiger partial charge in [-0.2, -0.15) is 0 Å². The van der Waals surface area contributed by atoms with Crippen LogP contribution in [0.25, 0.3) is 0 Å². The molecule has 0 aliphatic carbocycles. The van der Waals surface area contributed by atoms with E-state index in [4.69, 9.17) is 0 Å². The lowest BCUT2D eigenvalue weighted by Gasteiger charge is -2.23. The molecular weight excluding hydrogens is 412 g/mol. The predicted octanol–water partition coefficient (Wildman–Crippen LogP) is 3.62. The molecular formula is C16H20N2O4S4. The van der Waals surface area contributed by atoms with Crippen LogP contribution in [0, 0.1) is 0 Å². The average molecular weight is 433 g/mol. The maximum atomic E-state index is 12.7. The third kappa shape index (κ3) is 4.81. The zero-order valence-electron chi connectivity index (χ0n) is 14.3. The van der Waals surface area contributed by atoms with E-state index in [2.05, 4.69) is 0 Å². The maximum Gasteiger partial charge on any atom is 0.252 e. The Bertz CT molecular complexity index is 826. The van der Waals surface area contributed by atoms with Gasteiger partial charge in [0.05, 0.1) is 9.79 Å². The van der Waals surface area contributed by atoms with E-state index in [-0.39, 0.29) is 22.9 Å². The third-order valence-electron chi connectivity index (χ3n) is 3.33. The molecule has 2 rings (SSSR count). The average Bonchev–Trinajstić information content (AvgIpc) is 2.66. The molecule has 2 aromatic rings. The van der Waals surface area contributed by atoms with Gasteiger partial charge >= 0.3 is 0 Å². The molecule has 0 unspecified atom stereocenters. The number of nitrogens with zero attached hydrogens (tertiary/aromatic N) is 2. The van der Waals surface area contributed by atoms with Gasteiger partial charge in [0.15, 0.2) is 0 Å². The molecule has 0 aromatic heterocycles. The second-order valence-corrected chi connectivity index (χ2v) is 11.3. The van der Waals surface area contributed by atoms with Crippen molar-refractivity contribution < 1.29 is 16.8 Å². The van der Waals surface area contributed by atoms with Gasteiger partial charge in [0.1, 0.15) is 0 Å². The number of benzene rings is 2. The van der Waals surface area contributed by atoms with Gasteiger partial charge < -0.3 is 0 Å².